The first kappa shape index (κ1) is 10.2. The summed E-state index contributed by atoms with van der Waals surface area (Å²) >= 11 is 0. The average molecular weight is 207 g/mol. The number of anilines is 2. The molecule has 1 atom stereocenters. The average Bonchev–Trinajstić information content (AvgIpc) is 2.67. The first-order valence-electron chi connectivity index (χ1n) is 5.38. The molecular formula is C11H17N3O. The van der Waals surface area contributed by atoms with Crippen molar-refractivity contribution < 1.29 is 5.11 Å². The largest absolute Gasteiger partial charge is 0.396 e. The third-order valence-electron chi connectivity index (χ3n) is 2.90. The molecule has 15 heavy (non-hydrogen) atoms. The summed E-state index contributed by atoms with van der Waals surface area (Å²) in [4.78, 5) is 6.52. The maximum Gasteiger partial charge on any atom is 0.130 e. The van der Waals surface area contributed by atoms with Crippen LogP contribution in [0.5, 0.6) is 0 Å². The highest BCUT2D eigenvalue weighted by atomic mass is 16.3. The minimum Gasteiger partial charge on any atom is -0.396 e. The van der Waals surface area contributed by atoms with Crippen molar-refractivity contribution in [1.82, 2.24) is 4.98 Å². The van der Waals surface area contributed by atoms with E-state index in [1.165, 1.54) is 0 Å². The highest BCUT2D eigenvalue weighted by molar-refractivity contribution is 5.45. The minimum absolute atomic E-state index is 0.281. The molecule has 0 aromatic carbocycles. The second-order valence-electron chi connectivity index (χ2n) is 4.03. The van der Waals surface area contributed by atoms with Crippen molar-refractivity contribution in [1.29, 1.82) is 0 Å². The Morgan fingerprint density at radius 3 is 3.13 bits per heavy atom. The first-order chi connectivity index (χ1) is 7.29. The number of nitrogens with two attached hydrogens (primary N) is 1. The van der Waals surface area contributed by atoms with E-state index >= 15 is 0 Å². The Kier molecular flexibility index (Phi) is 3.06. The molecular weight excluding hydrogens is 190 g/mol. The normalized spacial score (nSPS) is 20.9. The number of hydrogen-bond donors (Lipinski definition) is 2. The zero-order valence-corrected chi connectivity index (χ0v) is 8.76. The summed E-state index contributed by atoms with van der Waals surface area (Å²) in [6.45, 7) is 2.28. The number of pyridine rings is 1. The van der Waals surface area contributed by atoms with Crippen molar-refractivity contribution in [2.24, 2.45) is 5.92 Å². The maximum atomic E-state index is 8.87. The maximum absolute atomic E-state index is 8.87. The zero-order valence-electron chi connectivity index (χ0n) is 8.76. The van der Waals surface area contributed by atoms with E-state index in [9.17, 15) is 0 Å². The molecule has 2 rings (SSSR count). The Morgan fingerprint density at radius 1 is 1.53 bits per heavy atom. The van der Waals surface area contributed by atoms with Crippen molar-refractivity contribution in [3.63, 3.8) is 0 Å². The van der Waals surface area contributed by atoms with E-state index in [-0.39, 0.29) is 6.61 Å². The lowest BCUT2D eigenvalue weighted by Gasteiger charge is -2.17. The Morgan fingerprint density at radius 2 is 2.40 bits per heavy atom. The van der Waals surface area contributed by atoms with Gasteiger partial charge < -0.3 is 15.7 Å². The van der Waals surface area contributed by atoms with Gasteiger partial charge in [-0.25, -0.2) is 4.98 Å². The molecule has 1 unspecified atom stereocenters. The monoisotopic (exact) mass is 207 g/mol. The van der Waals surface area contributed by atoms with Crippen LogP contribution in [0.15, 0.2) is 18.2 Å². The molecule has 2 heterocycles. The molecule has 1 aromatic heterocycles. The highest BCUT2D eigenvalue weighted by Gasteiger charge is 2.22. The summed E-state index contributed by atoms with van der Waals surface area (Å²) in [5, 5.41) is 8.87. The van der Waals surface area contributed by atoms with Crippen molar-refractivity contribution in [3.8, 4) is 0 Å². The second kappa shape index (κ2) is 4.49. The minimum atomic E-state index is 0.281. The van der Waals surface area contributed by atoms with E-state index in [2.05, 4.69) is 9.88 Å². The van der Waals surface area contributed by atoms with Gasteiger partial charge in [-0.1, -0.05) is 6.07 Å². The number of nitrogens with zero attached hydrogens (tertiary/aromatic N) is 2. The van der Waals surface area contributed by atoms with Crippen molar-refractivity contribution in [2.75, 3.05) is 30.3 Å². The van der Waals surface area contributed by atoms with E-state index in [4.69, 9.17) is 10.8 Å². The van der Waals surface area contributed by atoms with Gasteiger partial charge in [0.25, 0.3) is 0 Å². The summed E-state index contributed by atoms with van der Waals surface area (Å²) in [6, 6.07) is 5.71. The van der Waals surface area contributed by atoms with Crippen molar-refractivity contribution in [2.45, 2.75) is 12.8 Å². The predicted molar refractivity (Wildman–Crippen MR) is 60.7 cm³/mol. The van der Waals surface area contributed by atoms with Gasteiger partial charge in [0.1, 0.15) is 11.6 Å². The van der Waals surface area contributed by atoms with Gasteiger partial charge in [-0.15, -0.1) is 0 Å². The molecule has 4 heteroatoms. The van der Waals surface area contributed by atoms with Gasteiger partial charge in [-0.05, 0) is 30.9 Å². The van der Waals surface area contributed by atoms with E-state index in [1.807, 2.05) is 12.1 Å². The van der Waals surface area contributed by atoms with Gasteiger partial charge in [-0.2, -0.15) is 0 Å². The number of aliphatic hydroxyl groups excluding tert-OH is 1. The smallest absolute Gasteiger partial charge is 0.130 e. The molecule has 0 radical (unpaired) electrons. The molecule has 0 aliphatic carbocycles. The standard InChI is InChI=1S/C11H17N3O/c12-10-2-1-3-11(13-10)14-6-4-9(8-14)5-7-15/h1-3,9,15H,4-8H2,(H2,12,13). The van der Waals surface area contributed by atoms with Crippen LogP contribution in [0.2, 0.25) is 0 Å². The number of nitrogen functional groups attached to an aromatic ring is 1. The van der Waals surface area contributed by atoms with Gasteiger partial charge in [0.2, 0.25) is 0 Å². The van der Waals surface area contributed by atoms with Crippen LogP contribution in [0.3, 0.4) is 0 Å². The van der Waals surface area contributed by atoms with Gasteiger partial charge in [0.15, 0.2) is 0 Å². The van der Waals surface area contributed by atoms with Crippen molar-refractivity contribution >= 4 is 11.6 Å². The molecule has 1 aromatic rings. The summed E-state index contributed by atoms with van der Waals surface area (Å²) in [5.41, 5.74) is 5.64. The summed E-state index contributed by atoms with van der Waals surface area (Å²) < 4.78 is 0. The van der Waals surface area contributed by atoms with Crippen LogP contribution in [0.25, 0.3) is 0 Å². The number of hydrogen-bond acceptors (Lipinski definition) is 4. The Labute approximate surface area is 89.7 Å². The Hall–Kier alpha value is -1.29. The van der Waals surface area contributed by atoms with E-state index < -0.39 is 0 Å². The Bertz CT molecular complexity index is 329. The number of aliphatic hydroxyl groups is 1. The van der Waals surface area contributed by atoms with E-state index in [0.29, 0.717) is 11.7 Å². The Balaban J connectivity index is 2.01. The summed E-state index contributed by atoms with van der Waals surface area (Å²) in [5.74, 6) is 2.12. The molecule has 0 amide bonds. The lowest BCUT2D eigenvalue weighted by molar-refractivity contribution is 0.263. The topological polar surface area (TPSA) is 62.4 Å². The van der Waals surface area contributed by atoms with Gasteiger partial charge in [0, 0.05) is 19.7 Å². The fourth-order valence-corrected chi connectivity index (χ4v) is 2.07. The summed E-state index contributed by atoms with van der Waals surface area (Å²) in [7, 11) is 0. The van der Waals surface area contributed by atoms with E-state index in [1.54, 1.807) is 6.07 Å². The molecule has 1 aliphatic heterocycles. The number of rotatable bonds is 3. The number of aromatic nitrogens is 1. The van der Waals surface area contributed by atoms with Crippen molar-refractivity contribution in [3.05, 3.63) is 18.2 Å². The van der Waals surface area contributed by atoms with Crippen LogP contribution in [-0.4, -0.2) is 29.8 Å². The van der Waals surface area contributed by atoms with Gasteiger partial charge in [-0.3, -0.25) is 0 Å². The third kappa shape index (κ3) is 2.39. The lowest BCUT2D eigenvalue weighted by atomic mass is 10.1. The highest BCUT2D eigenvalue weighted by Crippen LogP contribution is 2.24. The van der Waals surface area contributed by atoms with Crippen LogP contribution >= 0.6 is 0 Å². The molecule has 0 spiro atoms. The summed E-state index contributed by atoms with van der Waals surface area (Å²) in [6.07, 6.45) is 2.02. The second-order valence-corrected chi connectivity index (χ2v) is 4.03. The molecule has 1 fully saturated rings. The third-order valence-corrected chi connectivity index (χ3v) is 2.90. The fourth-order valence-electron chi connectivity index (χ4n) is 2.07. The molecule has 1 aliphatic rings. The first-order valence-corrected chi connectivity index (χ1v) is 5.38. The van der Waals surface area contributed by atoms with Crippen LogP contribution in [0.4, 0.5) is 11.6 Å². The van der Waals surface area contributed by atoms with Crippen LogP contribution in [0, 0.1) is 5.92 Å². The molecule has 1 saturated heterocycles. The fraction of sp³-hybridized carbons (Fsp3) is 0.545. The van der Waals surface area contributed by atoms with Crippen LogP contribution in [-0.2, 0) is 0 Å². The lowest BCUT2D eigenvalue weighted by Crippen LogP contribution is -2.21. The molecule has 82 valence electrons. The van der Waals surface area contributed by atoms with Crippen LogP contribution < -0.4 is 10.6 Å². The van der Waals surface area contributed by atoms with Gasteiger partial charge in [0.05, 0.1) is 0 Å². The van der Waals surface area contributed by atoms with Crippen LogP contribution in [0.1, 0.15) is 12.8 Å². The predicted octanol–water partition coefficient (Wildman–Crippen LogP) is 0.872. The zero-order chi connectivity index (χ0) is 10.7. The molecule has 4 nitrogen and oxygen atoms in total. The van der Waals surface area contributed by atoms with E-state index in [0.717, 1.165) is 31.7 Å². The molecule has 3 N–H and O–H groups in total. The van der Waals surface area contributed by atoms with Gasteiger partial charge >= 0.3 is 0 Å². The SMILES string of the molecule is Nc1cccc(N2CCC(CCO)C2)n1. The quantitative estimate of drug-likeness (QED) is 0.772. The molecule has 0 saturated carbocycles. The molecule has 0 bridgehead atoms.